The van der Waals surface area contributed by atoms with Crippen LogP contribution in [0.2, 0.25) is 4.34 Å². The van der Waals surface area contributed by atoms with Crippen molar-refractivity contribution in [2.24, 2.45) is 0 Å². The molecule has 0 bridgehead atoms. The van der Waals surface area contributed by atoms with Crippen LogP contribution in [0.4, 0.5) is 0 Å². The summed E-state index contributed by atoms with van der Waals surface area (Å²) in [7, 11) is 0. The van der Waals surface area contributed by atoms with E-state index in [0.29, 0.717) is 9.21 Å². The highest BCUT2D eigenvalue weighted by Crippen LogP contribution is 2.26. The summed E-state index contributed by atoms with van der Waals surface area (Å²) in [5, 5.41) is 0. The predicted molar refractivity (Wildman–Crippen MR) is 59.5 cm³/mol. The quantitative estimate of drug-likeness (QED) is 0.608. The zero-order chi connectivity index (χ0) is 11.6. The fourth-order valence-electron chi connectivity index (χ4n) is 1.14. The van der Waals surface area contributed by atoms with Gasteiger partial charge in [0.25, 0.3) is 0 Å². The van der Waals surface area contributed by atoms with Gasteiger partial charge in [0.15, 0.2) is 5.60 Å². The molecule has 0 aliphatic carbocycles. The minimum absolute atomic E-state index is 0.241. The lowest BCUT2D eigenvalue weighted by molar-refractivity contribution is -0.149. The van der Waals surface area contributed by atoms with E-state index in [9.17, 15) is 9.59 Å². The van der Waals surface area contributed by atoms with Crippen LogP contribution in [-0.2, 0) is 9.53 Å². The summed E-state index contributed by atoms with van der Waals surface area (Å²) in [6.07, 6.45) is 0. The fourth-order valence-corrected chi connectivity index (χ4v) is 2.27. The molecule has 0 fully saturated rings. The van der Waals surface area contributed by atoms with Crippen LogP contribution in [0.3, 0.4) is 0 Å². The SMILES string of the molecule is CC(=O)OC(C)(C)C(=O)c1ccc(Cl)s1. The Balaban J connectivity index is 2.88. The number of halogens is 1. The van der Waals surface area contributed by atoms with Crippen molar-refractivity contribution in [3.8, 4) is 0 Å². The lowest BCUT2D eigenvalue weighted by Gasteiger charge is -2.21. The molecule has 0 spiro atoms. The minimum atomic E-state index is -1.14. The van der Waals surface area contributed by atoms with Crippen LogP contribution in [0.1, 0.15) is 30.4 Å². The first-order valence-electron chi connectivity index (χ1n) is 4.32. The molecule has 0 radical (unpaired) electrons. The Hall–Kier alpha value is -0.870. The lowest BCUT2D eigenvalue weighted by atomic mass is 10.0. The molecule has 0 aliphatic rings. The van der Waals surface area contributed by atoms with Gasteiger partial charge in [0.05, 0.1) is 9.21 Å². The molecule has 0 atom stereocenters. The number of ether oxygens (including phenoxy) is 1. The molecule has 0 aromatic carbocycles. The van der Waals surface area contributed by atoms with Gasteiger partial charge in [-0.3, -0.25) is 9.59 Å². The van der Waals surface area contributed by atoms with Gasteiger partial charge in [-0.25, -0.2) is 0 Å². The van der Waals surface area contributed by atoms with Crippen molar-refractivity contribution in [3.05, 3.63) is 21.3 Å². The molecular weight excluding hydrogens is 236 g/mol. The van der Waals surface area contributed by atoms with Crippen molar-refractivity contribution in [2.45, 2.75) is 26.4 Å². The molecule has 0 saturated carbocycles. The Labute approximate surface area is 97.0 Å². The third-order valence-electron chi connectivity index (χ3n) is 1.74. The number of thiophene rings is 1. The molecule has 82 valence electrons. The maximum Gasteiger partial charge on any atom is 0.303 e. The van der Waals surface area contributed by atoms with E-state index in [1.807, 2.05) is 0 Å². The molecule has 15 heavy (non-hydrogen) atoms. The normalized spacial score (nSPS) is 11.2. The Morgan fingerprint density at radius 3 is 2.40 bits per heavy atom. The Kier molecular flexibility index (Phi) is 3.52. The van der Waals surface area contributed by atoms with Crippen molar-refractivity contribution in [3.63, 3.8) is 0 Å². The van der Waals surface area contributed by atoms with Gasteiger partial charge < -0.3 is 4.74 Å². The van der Waals surface area contributed by atoms with Crippen LogP contribution in [0.15, 0.2) is 12.1 Å². The monoisotopic (exact) mass is 246 g/mol. The molecule has 5 heteroatoms. The molecular formula is C10H11ClO3S. The standard InChI is InChI=1S/C10H11ClO3S/c1-6(12)14-10(2,3)9(13)7-4-5-8(11)15-7/h4-5H,1-3H3. The summed E-state index contributed by atoms with van der Waals surface area (Å²) < 4.78 is 5.48. The fraction of sp³-hybridized carbons (Fsp3) is 0.400. The van der Waals surface area contributed by atoms with E-state index in [1.54, 1.807) is 26.0 Å². The van der Waals surface area contributed by atoms with E-state index < -0.39 is 11.6 Å². The van der Waals surface area contributed by atoms with Gasteiger partial charge in [0.1, 0.15) is 0 Å². The maximum absolute atomic E-state index is 11.9. The van der Waals surface area contributed by atoms with Crippen molar-refractivity contribution in [1.82, 2.24) is 0 Å². The third-order valence-corrected chi connectivity index (χ3v) is 2.97. The van der Waals surface area contributed by atoms with Crippen LogP contribution in [0.5, 0.6) is 0 Å². The van der Waals surface area contributed by atoms with E-state index in [0.717, 1.165) is 0 Å². The van der Waals surface area contributed by atoms with Crippen LogP contribution in [-0.4, -0.2) is 17.4 Å². The van der Waals surface area contributed by atoms with E-state index in [4.69, 9.17) is 16.3 Å². The van der Waals surface area contributed by atoms with Crippen molar-refractivity contribution >= 4 is 34.7 Å². The van der Waals surface area contributed by atoms with Gasteiger partial charge in [-0.1, -0.05) is 11.6 Å². The summed E-state index contributed by atoms with van der Waals surface area (Å²) in [4.78, 5) is 23.2. The second-order valence-corrected chi connectivity index (χ2v) is 5.25. The number of esters is 1. The summed E-state index contributed by atoms with van der Waals surface area (Å²) in [5.74, 6) is -0.717. The third kappa shape index (κ3) is 3.04. The number of ketones is 1. The Morgan fingerprint density at radius 1 is 1.40 bits per heavy atom. The summed E-state index contributed by atoms with van der Waals surface area (Å²) in [6, 6.07) is 3.27. The zero-order valence-corrected chi connectivity index (χ0v) is 10.2. The molecule has 0 saturated heterocycles. The zero-order valence-electron chi connectivity index (χ0n) is 8.67. The maximum atomic E-state index is 11.9. The van der Waals surface area contributed by atoms with Gasteiger partial charge in [0.2, 0.25) is 5.78 Å². The largest absolute Gasteiger partial charge is 0.451 e. The lowest BCUT2D eigenvalue weighted by Crippen LogP contribution is -2.36. The highest BCUT2D eigenvalue weighted by Gasteiger charge is 2.32. The van der Waals surface area contributed by atoms with E-state index in [-0.39, 0.29) is 5.78 Å². The van der Waals surface area contributed by atoms with Gasteiger partial charge in [0, 0.05) is 6.92 Å². The van der Waals surface area contributed by atoms with Gasteiger partial charge in [-0.05, 0) is 26.0 Å². The predicted octanol–water partition coefficient (Wildman–Crippen LogP) is 2.93. The van der Waals surface area contributed by atoms with Crippen molar-refractivity contribution in [1.29, 1.82) is 0 Å². The number of hydrogen-bond donors (Lipinski definition) is 0. The molecule has 0 amide bonds. The van der Waals surface area contributed by atoms with Crippen molar-refractivity contribution < 1.29 is 14.3 Å². The summed E-state index contributed by atoms with van der Waals surface area (Å²) >= 11 is 6.89. The number of carbonyl (C=O) groups excluding carboxylic acids is 2. The summed E-state index contributed by atoms with van der Waals surface area (Å²) in [6.45, 7) is 4.39. The van der Waals surface area contributed by atoms with Crippen molar-refractivity contribution in [2.75, 3.05) is 0 Å². The summed E-state index contributed by atoms with van der Waals surface area (Å²) in [5.41, 5.74) is -1.14. The van der Waals surface area contributed by atoms with Crippen LogP contribution in [0.25, 0.3) is 0 Å². The van der Waals surface area contributed by atoms with Gasteiger partial charge in [-0.15, -0.1) is 11.3 Å². The second-order valence-electron chi connectivity index (χ2n) is 3.54. The number of hydrogen-bond acceptors (Lipinski definition) is 4. The number of carbonyl (C=O) groups is 2. The first kappa shape index (κ1) is 12.2. The topological polar surface area (TPSA) is 43.4 Å². The molecule has 0 N–H and O–H groups in total. The van der Waals surface area contributed by atoms with E-state index in [1.165, 1.54) is 18.3 Å². The average molecular weight is 247 g/mol. The molecule has 1 aromatic rings. The molecule has 0 aliphatic heterocycles. The molecule has 1 aromatic heterocycles. The van der Waals surface area contributed by atoms with Crippen LogP contribution >= 0.6 is 22.9 Å². The Bertz CT molecular complexity index is 395. The molecule has 1 heterocycles. The van der Waals surface area contributed by atoms with Crippen LogP contribution in [0, 0.1) is 0 Å². The first-order chi connectivity index (χ1) is 6.83. The minimum Gasteiger partial charge on any atom is -0.451 e. The van der Waals surface area contributed by atoms with E-state index >= 15 is 0 Å². The highest BCUT2D eigenvalue weighted by atomic mass is 35.5. The number of Topliss-reactive ketones (excluding diaryl/α,β-unsaturated/α-hetero) is 1. The second kappa shape index (κ2) is 4.33. The van der Waals surface area contributed by atoms with Gasteiger partial charge in [-0.2, -0.15) is 0 Å². The molecule has 1 rings (SSSR count). The smallest absolute Gasteiger partial charge is 0.303 e. The van der Waals surface area contributed by atoms with Gasteiger partial charge >= 0.3 is 5.97 Å². The highest BCUT2D eigenvalue weighted by molar-refractivity contribution is 7.18. The first-order valence-corrected chi connectivity index (χ1v) is 5.52. The van der Waals surface area contributed by atoms with E-state index in [2.05, 4.69) is 0 Å². The average Bonchev–Trinajstić information content (AvgIpc) is 2.48. The van der Waals surface area contributed by atoms with Crippen LogP contribution < -0.4 is 0 Å². The Morgan fingerprint density at radius 2 is 2.00 bits per heavy atom. The molecule has 3 nitrogen and oxygen atoms in total. The molecule has 0 unspecified atom stereocenters. The number of rotatable bonds is 3.